The van der Waals surface area contributed by atoms with Crippen LogP contribution in [0.15, 0.2) is 12.2 Å². The third-order valence-electron chi connectivity index (χ3n) is 11.2. The van der Waals surface area contributed by atoms with Crippen LogP contribution in [0.1, 0.15) is 202 Å². The van der Waals surface area contributed by atoms with Crippen LogP contribution in [0, 0.1) is 21.7 Å². The SMILES string of the molecule is CCCCCCCCCCCCC/C=C/[C@H]1OC(C)(C)N(C(=O)OC(C)(C)C)[C@H]1CO[C@@H]1OC(COC(=O)C(C)(C)C)[C@@H](OC(=O)C(C)(C)C)C(OC(=O)C(C)(C)C)C1OC(=O)C(C)(C)C. The van der Waals surface area contributed by atoms with Crippen LogP contribution in [-0.2, 0) is 57.1 Å². The van der Waals surface area contributed by atoms with Gasteiger partial charge in [0.15, 0.2) is 24.6 Å². The van der Waals surface area contributed by atoms with Gasteiger partial charge >= 0.3 is 30.0 Å². The highest BCUT2D eigenvalue weighted by atomic mass is 16.7. The van der Waals surface area contributed by atoms with Gasteiger partial charge in [-0.2, -0.15) is 0 Å². The Labute approximate surface area is 398 Å². The van der Waals surface area contributed by atoms with Gasteiger partial charge in [0, 0.05) is 0 Å². The van der Waals surface area contributed by atoms with Crippen LogP contribution in [0.2, 0.25) is 0 Å². The number of amides is 1. The van der Waals surface area contributed by atoms with Crippen LogP contribution < -0.4 is 0 Å². The molecule has 7 atom stereocenters. The second kappa shape index (κ2) is 24.9. The molecule has 0 aromatic carbocycles. The molecule has 2 heterocycles. The van der Waals surface area contributed by atoms with E-state index in [9.17, 15) is 24.0 Å². The van der Waals surface area contributed by atoms with Crippen molar-refractivity contribution in [2.24, 2.45) is 21.7 Å². The first-order valence-corrected chi connectivity index (χ1v) is 24.6. The zero-order valence-electron chi connectivity index (χ0n) is 44.4. The number of rotatable bonds is 21. The Morgan fingerprint density at radius 3 is 1.47 bits per heavy atom. The molecule has 0 N–H and O–H groups in total. The highest BCUT2D eigenvalue weighted by molar-refractivity contribution is 5.78. The summed E-state index contributed by atoms with van der Waals surface area (Å²) in [5, 5.41) is 0. The Balaban J connectivity index is 2.60. The van der Waals surface area contributed by atoms with E-state index in [0.29, 0.717) is 0 Å². The van der Waals surface area contributed by atoms with Crippen molar-refractivity contribution in [3.63, 3.8) is 0 Å². The monoisotopic (exact) mass is 938 g/mol. The fraction of sp³-hybridized carbons (Fsp3) is 0.865. The number of allylic oxidation sites excluding steroid dienone is 1. The molecule has 0 aromatic heterocycles. The first kappa shape index (κ1) is 58.9. The van der Waals surface area contributed by atoms with Crippen LogP contribution in [0.4, 0.5) is 4.79 Å². The number of hydrogen-bond donors (Lipinski definition) is 0. The van der Waals surface area contributed by atoms with E-state index >= 15 is 0 Å². The zero-order valence-corrected chi connectivity index (χ0v) is 44.4. The van der Waals surface area contributed by atoms with Crippen molar-refractivity contribution in [2.45, 2.75) is 256 Å². The highest BCUT2D eigenvalue weighted by Gasteiger charge is 2.57. The summed E-state index contributed by atoms with van der Waals surface area (Å²) in [5.74, 6) is -2.59. The minimum absolute atomic E-state index is 0.231. The van der Waals surface area contributed by atoms with E-state index in [1.54, 1.807) is 118 Å². The molecule has 2 fully saturated rings. The van der Waals surface area contributed by atoms with Crippen molar-refractivity contribution in [1.29, 1.82) is 0 Å². The summed E-state index contributed by atoms with van der Waals surface area (Å²) in [4.78, 5) is 70.1. The summed E-state index contributed by atoms with van der Waals surface area (Å²) >= 11 is 0. The third kappa shape index (κ3) is 19.4. The molecule has 3 unspecified atom stereocenters. The Bertz CT molecular complexity index is 1590. The maximum Gasteiger partial charge on any atom is 0.413 e. The van der Waals surface area contributed by atoms with Crippen molar-refractivity contribution >= 4 is 30.0 Å². The molecule has 2 rings (SSSR count). The first-order chi connectivity index (χ1) is 30.2. The van der Waals surface area contributed by atoms with Gasteiger partial charge in [-0.25, -0.2) is 4.79 Å². The summed E-state index contributed by atoms with van der Waals surface area (Å²) in [5.41, 5.74) is -5.99. The van der Waals surface area contributed by atoms with Crippen molar-refractivity contribution in [2.75, 3.05) is 13.2 Å². The fourth-order valence-electron chi connectivity index (χ4n) is 7.19. The lowest BCUT2D eigenvalue weighted by molar-refractivity contribution is -0.313. The molecule has 2 aliphatic heterocycles. The summed E-state index contributed by atoms with van der Waals surface area (Å²) in [6.07, 6.45) is 10.0. The van der Waals surface area contributed by atoms with Crippen molar-refractivity contribution in [3.05, 3.63) is 12.2 Å². The average molecular weight is 938 g/mol. The van der Waals surface area contributed by atoms with Crippen LogP contribution >= 0.6 is 0 Å². The molecule has 0 bridgehead atoms. The van der Waals surface area contributed by atoms with E-state index in [-0.39, 0.29) is 6.61 Å². The number of carbonyl (C=O) groups is 5. The molecule has 1 amide bonds. The van der Waals surface area contributed by atoms with Crippen LogP contribution in [0.3, 0.4) is 0 Å². The lowest BCUT2D eigenvalue weighted by atomic mass is 9.93. The molecular formula is C52H91NO13. The number of unbranched alkanes of at least 4 members (excludes halogenated alkanes) is 11. The Morgan fingerprint density at radius 2 is 1.02 bits per heavy atom. The Morgan fingerprint density at radius 1 is 0.576 bits per heavy atom. The molecule has 0 saturated carbocycles. The first-order valence-electron chi connectivity index (χ1n) is 24.6. The smallest absolute Gasteiger partial charge is 0.413 e. The summed E-state index contributed by atoms with van der Waals surface area (Å²) in [7, 11) is 0. The molecule has 0 radical (unpaired) electrons. The fourth-order valence-corrected chi connectivity index (χ4v) is 7.19. The van der Waals surface area contributed by atoms with Gasteiger partial charge in [0.2, 0.25) is 0 Å². The maximum absolute atomic E-state index is 14.1. The zero-order chi connectivity index (χ0) is 50.5. The number of carbonyl (C=O) groups excluding carboxylic acids is 5. The van der Waals surface area contributed by atoms with Crippen molar-refractivity contribution < 1.29 is 61.9 Å². The summed E-state index contributed by atoms with van der Waals surface area (Å²) in [6, 6.07) is -0.782. The molecule has 14 heteroatoms. The van der Waals surface area contributed by atoms with Gasteiger partial charge in [-0.05, 0) is 131 Å². The molecular weight excluding hydrogens is 847 g/mol. The number of esters is 4. The van der Waals surface area contributed by atoms with E-state index in [2.05, 4.69) is 13.0 Å². The van der Waals surface area contributed by atoms with Gasteiger partial charge in [-0.1, -0.05) is 83.3 Å². The van der Waals surface area contributed by atoms with Crippen molar-refractivity contribution in [1.82, 2.24) is 4.90 Å². The molecule has 0 spiro atoms. The highest BCUT2D eigenvalue weighted by Crippen LogP contribution is 2.38. The second-order valence-corrected chi connectivity index (χ2v) is 23.8. The van der Waals surface area contributed by atoms with Crippen LogP contribution in [0.25, 0.3) is 0 Å². The molecule has 66 heavy (non-hydrogen) atoms. The minimum atomic E-state index is -1.50. The summed E-state index contributed by atoms with van der Waals surface area (Å²) in [6.45, 7) is 30.5. The number of ether oxygens (including phenoxy) is 8. The van der Waals surface area contributed by atoms with Crippen LogP contribution in [0.5, 0.6) is 0 Å². The Hall–Kier alpha value is -3.23. The standard InChI is InChI=1S/C52H91NO13/c1-19-20-21-22-23-24-25-26-27-28-29-30-31-32-36-35(53(52(17,18)65-36)46(58)66-51(14,15)16)33-59-41-40(64-45(57)50(11,12)13)39(63-44(56)49(8,9)10)38(62-43(55)48(5,6)7)37(61-41)34-60-42(54)47(2,3)4/h31-32,35-41H,19-30,33-34H2,1-18H3/b32-31+/t35-,36+,37?,38+,39?,40?,41+/m0/s1. The van der Waals surface area contributed by atoms with E-state index in [1.165, 1.54) is 62.7 Å². The predicted molar refractivity (Wildman–Crippen MR) is 254 cm³/mol. The van der Waals surface area contributed by atoms with Gasteiger partial charge in [0.05, 0.1) is 34.3 Å². The maximum atomic E-state index is 14.1. The normalized spacial score (nSPS) is 24.0. The van der Waals surface area contributed by atoms with Gasteiger partial charge < -0.3 is 37.9 Å². The molecule has 2 aliphatic rings. The second-order valence-electron chi connectivity index (χ2n) is 23.8. The summed E-state index contributed by atoms with van der Waals surface area (Å²) < 4.78 is 49.9. The average Bonchev–Trinajstić information content (AvgIpc) is 3.42. The van der Waals surface area contributed by atoms with Gasteiger partial charge in [0.25, 0.3) is 0 Å². The van der Waals surface area contributed by atoms with Crippen molar-refractivity contribution in [3.8, 4) is 0 Å². The largest absolute Gasteiger partial charge is 0.462 e. The van der Waals surface area contributed by atoms with Gasteiger partial charge in [-0.15, -0.1) is 0 Å². The lowest BCUT2D eigenvalue weighted by Gasteiger charge is -2.46. The molecule has 2 saturated heterocycles. The van der Waals surface area contributed by atoms with E-state index in [1.807, 2.05) is 6.08 Å². The van der Waals surface area contributed by atoms with Gasteiger partial charge in [-0.3, -0.25) is 24.1 Å². The molecule has 0 aromatic rings. The molecule has 0 aliphatic carbocycles. The van der Waals surface area contributed by atoms with Crippen LogP contribution in [-0.4, -0.2) is 102 Å². The third-order valence-corrected chi connectivity index (χ3v) is 11.2. The number of hydrogen-bond acceptors (Lipinski definition) is 13. The Kier molecular flexibility index (Phi) is 22.2. The van der Waals surface area contributed by atoms with E-state index in [0.717, 1.165) is 19.3 Å². The number of nitrogens with zero attached hydrogens (tertiary/aromatic N) is 1. The predicted octanol–water partition coefficient (Wildman–Crippen LogP) is 11.2. The van der Waals surface area contributed by atoms with E-state index in [4.69, 9.17) is 37.9 Å². The van der Waals surface area contributed by atoms with E-state index < -0.39 is 112 Å². The lowest BCUT2D eigenvalue weighted by Crippen LogP contribution is -2.64. The minimum Gasteiger partial charge on any atom is -0.462 e. The van der Waals surface area contributed by atoms with Gasteiger partial charge in [0.1, 0.15) is 30.1 Å². The quantitative estimate of drug-likeness (QED) is 0.0463. The molecule has 382 valence electrons. The topological polar surface area (TPSA) is 162 Å². The molecule has 14 nitrogen and oxygen atoms in total.